The minimum absolute atomic E-state index is 0.123. The van der Waals surface area contributed by atoms with Crippen molar-refractivity contribution in [3.05, 3.63) is 71.4 Å². The summed E-state index contributed by atoms with van der Waals surface area (Å²) in [7, 11) is 2.70. The van der Waals surface area contributed by atoms with Gasteiger partial charge in [0.2, 0.25) is 11.6 Å². The monoisotopic (exact) mass is 405 g/mol. The Hall–Kier alpha value is -4.19. The van der Waals surface area contributed by atoms with Gasteiger partial charge in [-0.15, -0.1) is 0 Å². The highest BCUT2D eigenvalue weighted by atomic mass is 16.5. The van der Waals surface area contributed by atoms with Crippen LogP contribution < -0.4 is 4.74 Å². The van der Waals surface area contributed by atoms with Gasteiger partial charge in [0.05, 0.1) is 56.4 Å². The normalized spacial score (nSPS) is 11.0. The fourth-order valence-corrected chi connectivity index (χ4v) is 2.86. The van der Waals surface area contributed by atoms with E-state index in [4.69, 9.17) is 20.8 Å². The van der Waals surface area contributed by atoms with Gasteiger partial charge in [-0.3, -0.25) is 0 Å². The number of benzene rings is 1. The summed E-state index contributed by atoms with van der Waals surface area (Å²) >= 11 is 0. The molecule has 0 aliphatic heterocycles. The molecular weight excluding hydrogens is 386 g/mol. The molecular formula is C21H19N5O4. The number of carbonyl (C=O) groups excluding carboxylic acids is 1. The van der Waals surface area contributed by atoms with E-state index in [0.717, 1.165) is 0 Å². The summed E-state index contributed by atoms with van der Waals surface area (Å²) in [5, 5.41) is 4.27. The van der Waals surface area contributed by atoms with Gasteiger partial charge in [0, 0.05) is 0 Å². The highest BCUT2D eigenvalue weighted by Crippen LogP contribution is 2.32. The van der Waals surface area contributed by atoms with Crippen LogP contribution in [0.3, 0.4) is 0 Å². The molecule has 0 N–H and O–H groups in total. The molecule has 3 rings (SSSR count). The second-order valence-corrected chi connectivity index (χ2v) is 6.12. The maximum Gasteiger partial charge on any atom is 0.341 e. The first-order valence-corrected chi connectivity index (χ1v) is 8.84. The number of aromatic nitrogens is 4. The zero-order chi connectivity index (χ0) is 21.7. The van der Waals surface area contributed by atoms with Crippen LogP contribution in [-0.2, 0) is 14.3 Å². The second-order valence-electron chi connectivity index (χ2n) is 6.12. The fourth-order valence-electron chi connectivity index (χ4n) is 2.86. The maximum atomic E-state index is 12.3. The van der Waals surface area contributed by atoms with Crippen molar-refractivity contribution in [2.45, 2.75) is 13.8 Å². The quantitative estimate of drug-likeness (QED) is 0.267. The number of hydrogen-bond donors (Lipinski definition) is 0. The average molecular weight is 405 g/mol. The van der Waals surface area contributed by atoms with Crippen molar-refractivity contribution < 1.29 is 19.0 Å². The van der Waals surface area contributed by atoms with Gasteiger partial charge in [-0.05, 0) is 19.9 Å². The van der Waals surface area contributed by atoms with E-state index in [0.29, 0.717) is 34.2 Å². The van der Waals surface area contributed by atoms with Crippen molar-refractivity contribution in [3.8, 4) is 17.3 Å². The van der Waals surface area contributed by atoms with Gasteiger partial charge in [0.1, 0.15) is 11.4 Å². The molecule has 0 bridgehead atoms. The second kappa shape index (κ2) is 8.87. The van der Waals surface area contributed by atoms with Crippen LogP contribution in [0.15, 0.2) is 42.9 Å². The van der Waals surface area contributed by atoms with Crippen LogP contribution >= 0.6 is 0 Å². The summed E-state index contributed by atoms with van der Waals surface area (Å²) in [6.45, 7) is 10.8. The molecule has 9 nitrogen and oxygen atoms in total. The van der Waals surface area contributed by atoms with Gasteiger partial charge < -0.3 is 14.2 Å². The zero-order valence-electron chi connectivity index (χ0n) is 16.9. The minimum Gasteiger partial charge on any atom is -0.503 e. The van der Waals surface area contributed by atoms with E-state index in [1.807, 2.05) is 6.07 Å². The largest absolute Gasteiger partial charge is 0.503 e. The predicted molar refractivity (Wildman–Crippen MR) is 108 cm³/mol. The first kappa shape index (κ1) is 20.5. The lowest BCUT2D eigenvalue weighted by atomic mass is 10.1. The molecule has 0 amide bonds. The summed E-state index contributed by atoms with van der Waals surface area (Å²) in [4.78, 5) is 24.4. The van der Waals surface area contributed by atoms with Gasteiger partial charge in [-0.25, -0.2) is 19.3 Å². The molecule has 0 unspecified atom stereocenters. The molecule has 0 fully saturated rings. The molecule has 0 saturated carbocycles. The molecule has 3 aromatic rings. The van der Waals surface area contributed by atoms with Gasteiger partial charge in [0.25, 0.3) is 0 Å². The van der Waals surface area contributed by atoms with Crippen molar-refractivity contribution in [3.63, 3.8) is 0 Å². The third-order valence-corrected chi connectivity index (χ3v) is 4.10. The molecule has 0 aliphatic carbocycles. The summed E-state index contributed by atoms with van der Waals surface area (Å²) in [5.41, 5.74) is 2.07. The minimum atomic E-state index is -0.612. The predicted octanol–water partition coefficient (Wildman–Crippen LogP) is 3.78. The van der Waals surface area contributed by atoms with E-state index >= 15 is 0 Å². The Bertz CT molecular complexity index is 1160. The van der Waals surface area contributed by atoms with Crippen molar-refractivity contribution in [2.75, 3.05) is 14.2 Å². The Morgan fingerprint density at radius 3 is 2.67 bits per heavy atom. The van der Waals surface area contributed by atoms with Crippen LogP contribution in [-0.4, -0.2) is 39.9 Å². The average Bonchev–Trinajstić information content (AvgIpc) is 3.20. The molecule has 2 aromatic heterocycles. The molecule has 0 saturated heterocycles. The van der Waals surface area contributed by atoms with Crippen LogP contribution in [0, 0.1) is 20.4 Å². The topological polar surface area (TPSA) is 92.7 Å². The maximum absolute atomic E-state index is 12.3. The van der Waals surface area contributed by atoms with Crippen molar-refractivity contribution in [2.24, 2.45) is 0 Å². The Balaban J connectivity index is 2.04. The number of hydrogen-bond acceptors (Lipinski definition) is 7. The third-order valence-electron chi connectivity index (χ3n) is 4.10. The van der Waals surface area contributed by atoms with E-state index in [9.17, 15) is 4.79 Å². The smallest absolute Gasteiger partial charge is 0.341 e. The molecule has 1 aromatic carbocycles. The van der Waals surface area contributed by atoms with E-state index in [2.05, 4.69) is 19.9 Å². The van der Waals surface area contributed by atoms with Gasteiger partial charge in [-0.1, -0.05) is 18.2 Å². The number of methoxy groups -OCH3 is 2. The van der Waals surface area contributed by atoms with Crippen LogP contribution in [0.1, 0.15) is 17.1 Å². The van der Waals surface area contributed by atoms with E-state index in [-0.39, 0.29) is 11.5 Å². The van der Waals surface area contributed by atoms with Crippen LogP contribution in [0.4, 0.5) is 5.69 Å². The van der Waals surface area contributed by atoms with E-state index in [1.165, 1.54) is 31.4 Å². The number of nitrogens with zero attached hydrogens (tertiary/aromatic N) is 5. The first-order chi connectivity index (χ1) is 14.5. The van der Waals surface area contributed by atoms with Crippen LogP contribution in [0.5, 0.6) is 11.6 Å². The number of esters is 1. The van der Waals surface area contributed by atoms with Gasteiger partial charge in [0.15, 0.2) is 5.75 Å². The number of para-hydroxylation sites is 2. The van der Waals surface area contributed by atoms with E-state index in [1.54, 1.807) is 38.2 Å². The molecule has 9 heteroatoms. The molecule has 2 heterocycles. The third kappa shape index (κ3) is 4.12. The molecule has 30 heavy (non-hydrogen) atoms. The Morgan fingerprint density at radius 1 is 1.20 bits per heavy atom. The van der Waals surface area contributed by atoms with Crippen molar-refractivity contribution in [1.29, 1.82) is 0 Å². The lowest BCUT2D eigenvalue weighted by molar-refractivity contribution is -0.133. The van der Waals surface area contributed by atoms with Crippen LogP contribution in [0.25, 0.3) is 16.1 Å². The Morgan fingerprint density at radius 2 is 1.97 bits per heavy atom. The Labute approximate surface area is 173 Å². The molecule has 0 aliphatic rings. The number of aryl methyl sites for hydroxylation is 2. The van der Waals surface area contributed by atoms with Crippen molar-refractivity contribution >= 4 is 17.2 Å². The lowest BCUT2D eigenvalue weighted by Crippen LogP contribution is -2.10. The molecule has 0 radical (unpaired) electrons. The number of carbonyl (C=O) groups is 1. The molecule has 0 atom stereocenters. The summed E-state index contributed by atoms with van der Waals surface area (Å²) in [6.07, 6.45) is 4.38. The van der Waals surface area contributed by atoms with Gasteiger partial charge in [-0.2, -0.15) is 10.1 Å². The Kier molecular flexibility index (Phi) is 6.08. The van der Waals surface area contributed by atoms with Crippen molar-refractivity contribution in [1.82, 2.24) is 19.7 Å². The van der Waals surface area contributed by atoms with Crippen LogP contribution in [0.2, 0.25) is 0 Å². The summed E-state index contributed by atoms with van der Waals surface area (Å²) in [5.74, 6) is 0.388. The molecule has 152 valence electrons. The number of rotatable bonds is 6. The first-order valence-electron chi connectivity index (χ1n) is 8.84. The standard InChI is InChI=1S/C21H19N5O4/c1-13-19(16(12-28-4)21(27)29-5)20(25-14(2)24-13)30-15-10-23-26(11-15)18-9-7-6-8-17(18)22-3/h6-12H,1-2,4-5H3. The summed E-state index contributed by atoms with van der Waals surface area (Å²) < 4.78 is 17.4. The van der Waals surface area contributed by atoms with Gasteiger partial charge >= 0.3 is 5.97 Å². The summed E-state index contributed by atoms with van der Waals surface area (Å²) in [6, 6.07) is 7.09. The lowest BCUT2D eigenvalue weighted by Gasteiger charge is -2.13. The zero-order valence-corrected chi connectivity index (χ0v) is 16.9. The number of ether oxygens (including phenoxy) is 3. The SMILES string of the molecule is [C-]#[N+]c1ccccc1-n1cc(Oc2nc(C)nc(C)c2C(=COC)C(=O)OC)cn1. The molecule has 0 spiro atoms. The highest BCUT2D eigenvalue weighted by Gasteiger charge is 2.24. The van der Waals surface area contributed by atoms with E-state index < -0.39 is 5.97 Å². The fraction of sp³-hybridized carbons (Fsp3) is 0.190. The highest BCUT2D eigenvalue weighted by molar-refractivity contribution is 6.17.